The van der Waals surface area contributed by atoms with Crippen molar-refractivity contribution in [3.05, 3.63) is 35.4 Å². The lowest BCUT2D eigenvalue weighted by atomic mass is 10.0. The molecule has 96 valence electrons. The van der Waals surface area contributed by atoms with Gasteiger partial charge < -0.3 is 10.4 Å². The molecular formula is C15H20N2O. The van der Waals surface area contributed by atoms with Crippen molar-refractivity contribution in [3.63, 3.8) is 0 Å². The van der Waals surface area contributed by atoms with Gasteiger partial charge in [-0.25, -0.2) is 0 Å². The zero-order valence-corrected chi connectivity index (χ0v) is 10.8. The number of aliphatic hydroxyl groups excluding tert-OH is 1. The minimum atomic E-state index is -0.167. The molecule has 0 amide bonds. The zero-order valence-electron chi connectivity index (χ0n) is 10.8. The predicted octanol–water partition coefficient (Wildman–Crippen LogP) is 0.995. The first-order chi connectivity index (χ1) is 8.72. The summed E-state index contributed by atoms with van der Waals surface area (Å²) in [6.07, 6.45) is 6.14. The smallest absolute Gasteiger partial charge is 0.0679 e. The van der Waals surface area contributed by atoms with Crippen molar-refractivity contribution < 1.29 is 5.11 Å². The number of benzene rings is 1. The van der Waals surface area contributed by atoms with Gasteiger partial charge in [0.05, 0.1) is 6.10 Å². The van der Waals surface area contributed by atoms with E-state index in [-0.39, 0.29) is 12.1 Å². The third kappa shape index (κ3) is 3.11. The van der Waals surface area contributed by atoms with Crippen LogP contribution in [-0.2, 0) is 0 Å². The Hall–Kier alpha value is -1.34. The molecular weight excluding hydrogens is 224 g/mol. The number of hydrogen-bond acceptors (Lipinski definition) is 3. The molecule has 1 aromatic carbocycles. The van der Waals surface area contributed by atoms with E-state index in [1.165, 1.54) is 5.56 Å². The van der Waals surface area contributed by atoms with Crippen molar-refractivity contribution in [3.8, 4) is 12.3 Å². The van der Waals surface area contributed by atoms with Crippen molar-refractivity contribution >= 4 is 0 Å². The number of β-amino-alcohol motifs (C(OH)–C–C–N with tert-alkyl or cyclic N) is 1. The molecule has 3 heteroatoms. The number of likely N-dealkylation sites (tertiary alicyclic amines) is 1. The molecule has 1 aliphatic rings. The van der Waals surface area contributed by atoms with Crippen molar-refractivity contribution in [2.45, 2.75) is 18.6 Å². The highest BCUT2D eigenvalue weighted by atomic mass is 16.3. The van der Waals surface area contributed by atoms with E-state index in [0.717, 1.165) is 31.6 Å². The molecule has 0 unspecified atom stereocenters. The van der Waals surface area contributed by atoms with Crippen LogP contribution in [0.5, 0.6) is 0 Å². The molecule has 1 heterocycles. The van der Waals surface area contributed by atoms with Gasteiger partial charge >= 0.3 is 0 Å². The summed E-state index contributed by atoms with van der Waals surface area (Å²) in [7, 11) is 1.96. The molecule has 0 bridgehead atoms. The van der Waals surface area contributed by atoms with Gasteiger partial charge in [0, 0.05) is 31.2 Å². The summed E-state index contributed by atoms with van der Waals surface area (Å²) in [6, 6.07) is 8.33. The van der Waals surface area contributed by atoms with Crippen molar-refractivity contribution in [1.29, 1.82) is 0 Å². The van der Waals surface area contributed by atoms with Gasteiger partial charge in [0.25, 0.3) is 0 Å². The summed E-state index contributed by atoms with van der Waals surface area (Å²) in [4.78, 5) is 2.29. The molecule has 2 atom stereocenters. The van der Waals surface area contributed by atoms with Gasteiger partial charge in [-0.05, 0) is 31.2 Å². The minimum Gasteiger partial charge on any atom is -0.392 e. The fraction of sp³-hybridized carbons (Fsp3) is 0.467. The number of rotatable bonds is 4. The summed E-state index contributed by atoms with van der Waals surface area (Å²) >= 11 is 0. The molecule has 0 radical (unpaired) electrons. The molecule has 0 aromatic heterocycles. The van der Waals surface area contributed by atoms with Crippen molar-refractivity contribution in [2.75, 3.05) is 26.7 Å². The maximum atomic E-state index is 9.55. The molecule has 0 spiro atoms. The Balaban J connectivity index is 2.06. The molecule has 1 aliphatic heterocycles. The normalized spacial score (nSPS) is 21.7. The largest absolute Gasteiger partial charge is 0.392 e. The standard InChI is InChI=1S/C15H20N2O/c1-3-12-5-4-6-13(9-12)15(16-2)11-17-8-7-14(18)10-17/h1,4-6,9,14-16,18H,7-8,10-11H2,2H3/t14-,15-/m0/s1. The lowest BCUT2D eigenvalue weighted by Gasteiger charge is -2.23. The molecule has 0 saturated carbocycles. The van der Waals surface area contributed by atoms with Crippen LogP contribution in [0.25, 0.3) is 0 Å². The van der Waals surface area contributed by atoms with Crippen LogP contribution in [0, 0.1) is 12.3 Å². The highest BCUT2D eigenvalue weighted by molar-refractivity contribution is 5.36. The summed E-state index contributed by atoms with van der Waals surface area (Å²) in [5, 5.41) is 12.9. The monoisotopic (exact) mass is 244 g/mol. The third-order valence-corrected chi connectivity index (χ3v) is 3.49. The van der Waals surface area contributed by atoms with Crippen LogP contribution in [-0.4, -0.2) is 42.8 Å². The number of hydrogen-bond donors (Lipinski definition) is 2. The van der Waals surface area contributed by atoms with Crippen LogP contribution in [0.2, 0.25) is 0 Å². The second-order valence-corrected chi connectivity index (χ2v) is 4.81. The highest BCUT2D eigenvalue weighted by Gasteiger charge is 2.23. The van der Waals surface area contributed by atoms with Gasteiger partial charge in [-0.3, -0.25) is 4.90 Å². The van der Waals surface area contributed by atoms with Crippen molar-refractivity contribution in [2.24, 2.45) is 0 Å². The van der Waals surface area contributed by atoms with Crippen LogP contribution in [0.3, 0.4) is 0 Å². The molecule has 1 aromatic rings. The molecule has 2 N–H and O–H groups in total. The maximum Gasteiger partial charge on any atom is 0.0679 e. The first-order valence-corrected chi connectivity index (χ1v) is 6.37. The van der Waals surface area contributed by atoms with E-state index >= 15 is 0 Å². The molecule has 3 nitrogen and oxygen atoms in total. The second kappa shape index (κ2) is 6.01. The lowest BCUT2D eigenvalue weighted by Crippen LogP contribution is -2.33. The van der Waals surface area contributed by atoms with E-state index in [2.05, 4.69) is 22.2 Å². The first kappa shape index (κ1) is 13.1. The van der Waals surface area contributed by atoms with Gasteiger partial charge in [0.2, 0.25) is 0 Å². The molecule has 2 rings (SSSR count). The van der Waals surface area contributed by atoms with E-state index in [9.17, 15) is 5.11 Å². The number of nitrogens with one attached hydrogen (secondary N) is 1. The Morgan fingerprint density at radius 3 is 3.06 bits per heavy atom. The summed E-state index contributed by atoms with van der Waals surface area (Å²) in [6.45, 7) is 2.64. The van der Waals surface area contributed by atoms with Crippen LogP contribution < -0.4 is 5.32 Å². The van der Waals surface area contributed by atoms with Gasteiger partial charge in [-0.1, -0.05) is 18.1 Å². The lowest BCUT2D eigenvalue weighted by molar-refractivity contribution is 0.173. The van der Waals surface area contributed by atoms with E-state index in [1.807, 2.05) is 25.2 Å². The number of aliphatic hydroxyl groups is 1. The Bertz CT molecular complexity index is 438. The molecule has 0 aliphatic carbocycles. The fourth-order valence-electron chi connectivity index (χ4n) is 2.44. The van der Waals surface area contributed by atoms with Crippen LogP contribution >= 0.6 is 0 Å². The van der Waals surface area contributed by atoms with E-state index < -0.39 is 0 Å². The quantitative estimate of drug-likeness (QED) is 0.776. The van der Waals surface area contributed by atoms with Gasteiger partial charge in [0.15, 0.2) is 0 Å². The van der Waals surface area contributed by atoms with Crippen LogP contribution in [0.15, 0.2) is 24.3 Å². The Labute approximate surface area is 109 Å². The van der Waals surface area contributed by atoms with E-state index in [0.29, 0.717) is 0 Å². The predicted molar refractivity (Wildman–Crippen MR) is 73.2 cm³/mol. The second-order valence-electron chi connectivity index (χ2n) is 4.81. The minimum absolute atomic E-state index is 0.167. The zero-order chi connectivity index (χ0) is 13.0. The average molecular weight is 244 g/mol. The van der Waals surface area contributed by atoms with E-state index in [4.69, 9.17) is 6.42 Å². The summed E-state index contributed by atoms with van der Waals surface area (Å²) < 4.78 is 0. The SMILES string of the molecule is C#Cc1cccc([C@H](CN2CC[C@H](O)C2)NC)c1. The Morgan fingerprint density at radius 1 is 1.61 bits per heavy atom. The maximum absolute atomic E-state index is 9.55. The first-order valence-electron chi connectivity index (χ1n) is 6.37. The van der Waals surface area contributed by atoms with Crippen LogP contribution in [0.1, 0.15) is 23.6 Å². The van der Waals surface area contributed by atoms with Crippen LogP contribution in [0.4, 0.5) is 0 Å². The van der Waals surface area contributed by atoms with Gasteiger partial charge in [0.1, 0.15) is 0 Å². The van der Waals surface area contributed by atoms with E-state index in [1.54, 1.807) is 0 Å². The molecule has 1 saturated heterocycles. The number of terminal acetylenes is 1. The third-order valence-electron chi connectivity index (χ3n) is 3.49. The van der Waals surface area contributed by atoms with Gasteiger partial charge in [-0.2, -0.15) is 0 Å². The Kier molecular flexibility index (Phi) is 4.38. The molecule has 1 fully saturated rings. The summed E-state index contributed by atoms with van der Waals surface area (Å²) in [5.41, 5.74) is 2.11. The fourth-order valence-corrected chi connectivity index (χ4v) is 2.44. The summed E-state index contributed by atoms with van der Waals surface area (Å²) in [5.74, 6) is 2.67. The highest BCUT2D eigenvalue weighted by Crippen LogP contribution is 2.18. The number of likely N-dealkylation sites (N-methyl/N-ethyl adjacent to an activating group) is 1. The molecule has 18 heavy (non-hydrogen) atoms. The average Bonchev–Trinajstić information content (AvgIpc) is 2.81. The number of nitrogens with zero attached hydrogens (tertiary/aromatic N) is 1. The van der Waals surface area contributed by atoms with Gasteiger partial charge in [-0.15, -0.1) is 6.42 Å². The Morgan fingerprint density at radius 2 is 2.44 bits per heavy atom. The topological polar surface area (TPSA) is 35.5 Å². The van der Waals surface area contributed by atoms with Crippen molar-refractivity contribution in [1.82, 2.24) is 10.2 Å².